The number of carbonyl (C=O) groups excluding carboxylic acids is 3. The molecule has 0 spiro atoms. The van der Waals surface area contributed by atoms with Crippen molar-refractivity contribution >= 4 is 17.6 Å². The van der Waals surface area contributed by atoms with E-state index in [2.05, 4.69) is 17.0 Å². The van der Waals surface area contributed by atoms with Gasteiger partial charge in [-0.05, 0) is 35.7 Å². The Morgan fingerprint density at radius 2 is 1.69 bits per heavy atom. The van der Waals surface area contributed by atoms with E-state index in [0.717, 1.165) is 13.0 Å². The highest BCUT2D eigenvalue weighted by atomic mass is 19.3. The minimum Gasteiger partial charge on any atom is -0.491 e. The van der Waals surface area contributed by atoms with Crippen LogP contribution in [-0.2, 0) is 17.8 Å². The van der Waals surface area contributed by atoms with Crippen molar-refractivity contribution in [1.82, 2.24) is 14.7 Å². The number of rotatable bonds is 5. The molecule has 5 rings (SSSR count). The molecular formula is C27H29F2N3O4. The van der Waals surface area contributed by atoms with Gasteiger partial charge in [0.05, 0.1) is 25.2 Å². The van der Waals surface area contributed by atoms with Gasteiger partial charge in [0.15, 0.2) is 5.78 Å². The molecule has 1 saturated heterocycles. The zero-order chi connectivity index (χ0) is 25.3. The third kappa shape index (κ3) is 5.26. The third-order valence-corrected chi connectivity index (χ3v) is 7.12. The minimum absolute atomic E-state index is 0.0115. The van der Waals surface area contributed by atoms with Crippen molar-refractivity contribution in [2.45, 2.75) is 31.7 Å². The van der Waals surface area contributed by atoms with Crippen molar-refractivity contribution < 1.29 is 27.9 Å². The summed E-state index contributed by atoms with van der Waals surface area (Å²) in [5, 5.41) is 0. The number of likely N-dealkylation sites (tertiary alicyclic amines) is 1. The van der Waals surface area contributed by atoms with Gasteiger partial charge in [-0.2, -0.15) is 0 Å². The fraction of sp³-hybridized carbons (Fsp3) is 0.444. The molecule has 0 aliphatic carbocycles. The lowest BCUT2D eigenvalue weighted by Crippen LogP contribution is -2.42. The first-order chi connectivity index (χ1) is 17.3. The van der Waals surface area contributed by atoms with Crippen LogP contribution in [0.5, 0.6) is 5.75 Å². The number of ether oxygens (including phenoxy) is 1. The van der Waals surface area contributed by atoms with Crippen LogP contribution in [0.15, 0.2) is 42.5 Å². The molecule has 0 N–H and O–H groups in total. The highest BCUT2D eigenvalue weighted by molar-refractivity contribution is 6.02. The molecule has 0 unspecified atom stereocenters. The molecule has 0 atom stereocenters. The number of Topliss-reactive ketones (excluding diaryl/α,β-unsaturated/α-hetero) is 1. The Morgan fingerprint density at radius 1 is 0.944 bits per heavy atom. The van der Waals surface area contributed by atoms with Crippen molar-refractivity contribution in [1.29, 1.82) is 0 Å². The van der Waals surface area contributed by atoms with E-state index in [-0.39, 0.29) is 81.1 Å². The van der Waals surface area contributed by atoms with E-state index in [1.807, 2.05) is 12.1 Å². The summed E-state index contributed by atoms with van der Waals surface area (Å²) < 4.78 is 32.7. The van der Waals surface area contributed by atoms with Gasteiger partial charge in [0, 0.05) is 44.6 Å². The van der Waals surface area contributed by atoms with Gasteiger partial charge in [-0.25, -0.2) is 8.78 Å². The Hall–Kier alpha value is -3.33. The molecule has 2 aromatic carbocycles. The van der Waals surface area contributed by atoms with Crippen LogP contribution in [0.3, 0.4) is 0 Å². The van der Waals surface area contributed by atoms with E-state index in [1.54, 1.807) is 0 Å². The molecule has 2 aromatic rings. The van der Waals surface area contributed by atoms with Gasteiger partial charge in [-0.3, -0.25) is 19.3 Å². The highest BCUT2D eigenvalue weighted by Gasteiger charge is 2.36. The largest absolute Gasteiger partial charge is 0.491 e. The number of ketones is 1. The molecule has 1 fully saturated rings. The Bertz CT molecular complexity index is 1180. The van der Waals surface area contributed by atoms with Crippen LogP contribution in [-0.4, -0.2) is 84.1 Å². The zero-order valence-electron chi connectivity index (χ0n) is 20.1. The number of hydrogen-bond acceptors (Lipinski definition) is 5. The fourth-order valence-electron chi connectivity index (χ4n) is 5.06. The molecule has 0 saturated carbocycles. The van der Waals surface area contributed by atoms with Gasteiger partial charge in [-0.1, -0.05) is 24.3 Å². The number of benzene rings is 2. The lowest BCUT2D eigenvalue weighted by molar-refractivity contribution is -0.121. The van der Waals surface area contributed by atoms with Crippen molar-refractivity contribution in [3.05, 3.63) is 64.7 Å². The first-order valence-electron chi connectivity index (χ1n) is 12.3. The summed E-state index contributed by atoms with van der Waals surface area (Å²) in [5.74, 6) is -3.18. The van der Waals surface area contributed by atoms with Crippen molar-refractivity contribution in [3.8, 4) is 5.75 Å². The monoisotopic (exact) mass is 497 g/mol. The maximum atomic E-state index is 13.4. The van der Waals surface area contributed by atoms with Gasteiger partial charge >= 0.3 is 0 Å². The molecule has 3 aliphatic heterocycles. The van der Waals surface area contributed by atoms with E-state index in [4.69, 9.17) is 4.74 Å². The minimum atomic E-state index is -2.74. The van der Waals surface area contributed by atoms with Crippen LogP contribution < -0.4 is 4.74 Å². The average molecular weight is 498 g/mol. The number of fused-ring (bicyclic) bond motifs is 2. The van der Waals surface area contributed by atoms with Crippen LogP contribution in [0.25, 0.3) is 0 Å². The normalized spacial score (nSPS) is 19.7. The summed E-state index contributed by atoms with van der Waals surface area (Å²) in [6, 6.07) is 12.8. The van der Waals surface area contributed by atoms with Gasteiger partial charge in [-0.15, -0.1) is 0 Å². The van der Waals surface area contributed by atoms with Crippen molar-refractivity contribution in [2.24, 2.45) is 0 Å². The van der Waals surface area contributed by atoms with E-state index >= 15 is 0 Å². The van der Waals surface area contributed by atoms with Gasteiger partial charge in [0.25, 0.3) is 17.7 Å². The second-order valence-corrected chi connectivity index (χ2v) is 9.70. The van der Waals surface area contributed by atoms with Crippen molar-refractivity contribution in [2.75, 3.05) is 45.9 Å². The lowest BCUT2D eigenvalue weighted by Gasteiger charge is -2.31. The standard InChI is InChI=1S/C27H29F2N3O4/c28-27(29)8-11-31(12-9-27)25(34)20-5-6-23-24(15-20)36-14-13-32(26(23)35)18-22(33)17-30-10-7-19-3-1-2-4-21(19)16-30/h1-6,15H,7-14,16-18H2. The highest BCUT2D eigenvalue weighted by Crippen LogP contribution is 2.30. The Balaban J connectivity index is 1.21. The average Bonchev–Trinajstić information content (AvgIpc) is 3.01. The molecule has 7 nitrogen and oxygen atoms in total. The maximum Gasteiger partial charge on any atom is 0.258 e. The second-order valence-electron chi connectivity index (χ2n) is 9.70. The van der Waals surface area contributed by atoms with Crippen LogP contribution >= 0.6 is 0 Å². The summed E-state index contributed by atoms with van der Waals surface area (Å²) in [6.45, 7) is 2.20. The summed E-state index contributed by atoms with van der Waals surface area (Å²) in [5.41, 5.74) is 3.12. The maximum absolute atomic E-state index is 13.4. The number of alkyl halides is 2. The Labute approximate surface area is 208 Å². The van der Waals surface area contributed by atoms with E-state index in [1.165, 1.54) is 39.1 Å². The number of piperidine rings is 1. The van der Waals surface area contributed by atoms with E-state index in [0.29, 0.717) is 12.1 Å². The summed E-state index contributed by atoms with van der Waals surface area (Å²) in [6.07, 6.45) is 0.186. The molecular weight excluding hydrogens is 468 g/mol. The van der Waals surface area contributed by atoms with Gasteiger partial charge in [0.2, 0.25) is 0 Å². The second kappa shape index (κ2) is 9.97. The SMILES string of the molecule is O=C(CN1CCc2ccccc2C1)CN1CCOc2cc(C(=O)N3CCC(F)(F)CC3)ccc2C1=O. The van der Waals surface area contributed by atoms with Crippen LogP contribution in [0.1, 0.15) is 44.7 Å². The number of hydrogen-bond donors (Lipinski definition) is 0. The zero-order valence-corrected chi connectivity index (χ0v) is 20.1. The summed E-state index contributed by atoms with van der Waals surface area (Å²) in [7, 11) is 0. The molecule has 9 heteroatoms. The van der Waals surface area contributed by atoms with Crippen LogP contribution in [0.4, 0.5) is 8.78 Å². The van der Waals surface area contributed by atoms with Crippen LogP contribution in [0.2, 0.25) is 0 Å². The Kier molecular flexibility index (Phi) is 6.75. The van der Waals surface area contributed by atoms with Crippen LogP contribution in [0, 0.1) is 0 Å². The predicted molar refractivity (Wildman–Crippen MR) is 128 cm³/mol. The van der Waals surface area contributed by atoms with E-state index < -0.39 is 5.92 Å². The fourth-order valence-corrected chi connectivity index (χ4v) is 5.06. The number of nitrogens with zero attached hydrogens (tertiary/aromatic N) is 3. The van der Waals surface area contributed by atoms with Crippen molar-refractivity contribution in [3.63, 3.8) is 0 Å². The third-order valence-electron chi connectivity index (χ3n) is 7.12. The predicted octanol–water partition coefficient (Wildman–Crippen LogP) is 3.02. The molecule has 36 heavy (non-hydrogen) atoms. The quantitative estimate of drug-likeness (QED) is 0.635. The molecule has 3 heterocycles. The molecule has 0 radical (unpaired) electrons. The summed E-state index contributed by atoms with van der Waals surface area (Å²) >= 11 is 0. The number of amides is 2. The topological polar surface area (TPSA) is 70.2 Å². The summed E-state index contributed by atoms with van der Waals surface area (Å²) in [4.78, 5) is 43.8. The number of halogens is 2. The first kappa shape index (κ1) is 24.4. The number of carbonyl (C=O) groups is 3. The van der Waals surface area contributed by atoms with E-state index in [9.17, 15) is 23.2 Å². The first-order valence-corrected chi connectivity index (χ1v) is 12.3. The van der Waals surface area contributed by atoms with Gasteiger partial charge < -0.3 is 14.5 Å². The van der Waals surface area contributed by atoms with Gasteiger partial charge in [0.1, 0.15) is 12.4 Å². The Morgan fingerprint density at radius 3 is 2.47 bits per heavy atom. The molecule has 3 aliphatic rings. The molecule has 190 valence electrons. The molecule has 0 aromatic heterocycles. The lowest BCUT2D eigenvalue weighted by atomic mass is 10.00. The smallest absolute Gasteiger partial charge is 0.258 e. The molecule has 0 bridgehead atoms. The molecule has 2 amide bonds.